The summed E-state index contributed by atoms with van der Waals surface area (Å²) >= 11 is 0. The number of nitrogens with zero attached hydrogens (tertiary/aromatic N) is 1. The number of nitrogens with one attached hydrogen (secondary N) is 2. The van der Waals surface area contributed by atoms with Crippen molar-refractivity contribution in [3.05, 3.63) is 60.3 Å². The number of fused-ring (bicyclic) bond motifs is 2. The third-order valence-corrected chi connectivity index (χ3v) is 4.81. The van der Waals surface area contributed by atoms with Gasteiger partial charge in [0, 0.05) is 30.6 Å². The first kappa shape index (κ1) is 17.1. The number of hydrogen-bond donors (Lipinski definition) is 2. The van der Waals surface area contributed by atoms with E-state index in [4.69, 9.17) is 4.74 Å². The Morgan fingerprint density at radius 1 is 1.19 bits per heavy atom. The van der Waals surface area contributed by atoms with Gasteiger partial charge in [-0.2, -0.15) is 0 Å². The van der Waals surface area contributed by atoms with Crippen molar-refractivity contribution in [2.24, 2.45) is 0 Å². The Labute approximate surface area is 157 Å². The van der Waals surface area contributed by atoms with Gasteiger partial charge < -0.3 is 19.9 Å². The fourth-order valence-electron chi connectivity index (χ4n) is 3.44. The first-order chi connectivity index (χ1) is 13.1. The van der Waals surface area contributed by atoms with Crippen molar-refractivity contribution in [3.8, 4) is 5.75 Å². The standard InChI is InChI=1S/C21H21N3O3/c1-14(25)24-13-20(27-19-9-5-4-8-18(19)24)21(26)22-11-10-15-12-23-17-7-3-2-6-16(15)17/h2-9,12,20,23H,10-11,13H2,1H3,(H,22,26)/t20-/m1/s1. The molecule has 0 saturated carbocycles. The number of anilines is 1. The van der Waals surface area contributed by atoms with Gasteiger partial charge in [0.1, 0.15) is 5.75 Å². The van der Waals surface area contributed by atoms with E-state index >= 15 is 0 Å². The SMILES string of the molecule is CC(=O)N1C[C@H](C(=O)NCCc2c[nH]c3ccccc23)Oc2ccccc21. The van der Waals surface area contributed by atoms with E-state index in [1.807, 2.05) is 42.6 Å². The summed E-state index contributed by atoms with van der Waals surface area (Å²) in [7, 11) is 0. The zero-order chi connectivity index (χ0) is 18.8. The van der Waals surface area contributed by atoms with Crippen molar-refractivity contribution < 1.29 is 14.3 Å². The van der Waals surface area contributed by atoms with Crippen LogP contribution in [0, 0.1) is 0 Å². The maximum Gasteiger partial charge on any atom is 0.262 e. The van der Waals surface area contributed by atoms with E-state index in [2.05, 4.69) is 16.4 Å². The largest absolute Gasteiger partial charge is 0.477 e. The second kappa shape index (κ2) is 7.15. The number of hydrogen-bond acceptors (Lipinski definition) is 3. The highest BCUT2D eigenvalue weighted by Gasteiger charge is 2.32. The fraction of sp³-hybridized carbons (Fsp3) is 0.238. The molecule has 0 unspecified atom stereocenters. The maximum atomic E-state index is 12.6. The molecule has 4 rings (SSSR count). The van der Waals surface area contributed by atoms with E-state index in [9.17, 15) is 9.59 Å². The predicted molar refractivity (Wildman–Crippen MR) is 104 cm³/mol. The summed E-state index contributed by atoms with van der Waals surface area (Å²) in [5.74, 6) is 0.230. The van der Waals surface area contributed by atoms with E-state index in [1.54, 1.807) is 11.0 Å². The summed E-state index contributed by atoms with van der Waals surface area (Å²) in [6.07, 6.45) is 1.98. The van der Waals surface area contributed by atoms with Gasteiger partial charge in [0.15, 0.2) is 6.10 Å². The number of para-hydroxylation sites is 3. The molecule has 0 saturated heterocycles. The van der Waals surface area contributed by atoms with Crippen LogP contribution in [0.15, 0.2) is 54.7 Å². The van der Waals surface area contributed by atoms with Gasteiger partial charge in [-0.25, -0.2) is 0 Å². The lowest BCUT2D eigenvalue weighted by Crippen LogP contribution is -2.50. The van der Waals surface area contributed by atoms with Gasteiger partial charge in [-0.05, 0) is 30.2 Å². The molecule has 0 bridgehead atoms. The minimum Gasteiger partial charge on any atom is -0.477 e. The first-order valence-electron chi connectivity index (χ1n) is 9.00. The molecule has 27 heavy (non-hydrogen) atoms. The first-order valence-corrected chi connectivity index (χ1v) is 9.00. The van der Waals surface area contributed by atoms with Crippen molar-refractivity contribution in [1.29, 1.82) is 0 Å². The van der Waals surface area contributed by atoms with Gasteiger partial charge in [-0.15, -0.1) is 0 Å². The number of aromatic nitrogens is 1. The van der Waals surface area contributed by atoms with Crippen LogP contribution in [0.3, 0.4) is 0 Å². The van der Waals surface area contributed by atoms with Gasteiger partial charge in [-0.1, -0.05) is 30.3 Å². The Morgan fingerprint density at radius 3 is 2.81 bits per heavy atom. The van der Waals surface area contributed by atoms with Gasteiger partial charge >= 0.3 is 0 Å². The molecule has 1 aliphatic heterocycles. The highest BCUT2D eigenvalue weighted by molar-refractivity contribution is 5.95. The molecule has 2 amide bonds. The minimum absolute atomic E-state index is 0.109. The predicted octanol–water partition coefficient (Wildman–Crippen LogP) is 2.64. The molecule has 3 aromatic rings. The molecule has 2 N–H and O–H groups in total. The Balaban J connectivity index is 1.41. The van der Waals surface area contributed by atoms with Crippen LogP contribution in [0.5, 0.6) is 5.75 Å². The molecule has 2 heterocycles. The molecule has 1 aliphatic rings. The minimum atomic E-state index is -0.716. The Kier molecular flexibility index (Phi) is 4.54. The van der Waals surface area contributed by atoms with Crippen LogP contribution < -0.4 is 15.0 Å². The molecule has 0 aliphatic carbocycles. The van der Waals surface area contributed by atoms with E-state index in [1.165, 1.54) is 6.92 Å². The van der Waals surface area contributed by atoms with Gasteiger partial charge in [0.2, 0.25) is 5.91 Å². The number of amides is 2. The number of benzene rings is 2. The summed E-state index contributed by atoms with van der Waals surface area (Å²) in [5.41, 5.74) is 2.95. The van der Waals surface area contributed by atoms with Crippen LogP contribution in [0.1, 0.15) is 12.5 Å². The number of aromatic amines is 1. The zero-order valence-corrected chi connectivity index (χ0v) is 15.1. The highest BCUT2D eigenvalue weighted by Crippen LogP contribution is 2.33. The third kappa shape index (κ3) is 3.38. The average molecular weight is 363 g/mol. The number of ether oxygens (including phenoxy) is 1. The van der Waals surface area contributed by atoms with Crippen LogP contribution in [0.4, 0.5) is 5.69 Å². The summed E-state index contributed by atoms with van der Waals surface area (Å²) in [5, 5.41) is 4.09. The van der Waals surface area contributed by atoms with E-state index in [0.717, 1.165) is 22.9 Å². The monoisotopic (exact) mass is 363 g/mol. The second-order valence-corrected chi connectivity index (χ2v) is 6.60. The molecule has 0 spiro atoms. The fourth-order valence-corrected chi connectivity index (χ4v) is 3.44. The maximum absolute atomic E-state index is 12.6. The van der Waals surface area contributed by atoms with Crippen LogP contribution in [0.2, 0.25) is 0 Å². The number of carbonyl (C=O) groups excluding carboxylic acids is 2. The van der Waals surface area contributed by atoms with Gasteiger partial charge in [0.25, 0.3) is 5.91 Å². The normalized spacial score (nSPS) is 15.9. The lowest BCUT2D eigenvalue weighted by atomic mass is 10.1. The van der Waals surface area contributed by atoms with Gasteiger partial charge in [0.05, 0.1) is 12.2 Å². The summed E-state index contributed by atoms with van der Waals surface area (Å²) in [4.78, 5) is 29.4. The number of carbonyl (C=O) groups is 2. The van der Waals surface area contributed by atoms with Crippen molar-refractivity contribution in [2.75, 3.05) is 18.0 Å². The Bertz CT molecular complexity index is 995. The molecule has 1 atom stereocenters. The van der Waals surface area contributed by atoms with Crippen molar-refractivity contribution >= 4 is 28.4 Å². The summed E-state index contributed by atoms with van der Waals surface area (Å²) < 4.78 is 5.82. The molecular formula is C21H21N3O3. The lowest BCUT2D eigenvalue weighted by molar-refractivity contribution is -0.128. The molecule has 138 valence electrons. The van der Waals surface area contributed by atoms with E-state index < -0.39 is 6.10 Å². The summed E-state index contributed by atoms with van der Waals surface area (Å²) in [6.45, 7) is 2.21. The molecule has 2 aromatic carbocycles. The van der Waals surface area contributed by atoms with E-state index in [-0.39, 0.29) is 18.4 Å². The van der Waals surface area contributed by atoms with Crippen molar-refractivity contribution in [3.63, 3.8) is 0 Å². The van der Waals surface area contributed by atoms with Crippen molar-refractivity contribution in [2.45, 2.75) is 19.4 Å². The quantitative estimate of drug-likeness (QED) is 0.748. The van der Waals surface area contributed by atoms with Crippen LogP contribution >= 0.6 is 0 Å². The summed E-state index contributed by atoms with van der Waals surface area (Å²) in [6, 6.07) is 15.4. The lowest BCUT2D eigenvalue weighted by Gasteiger charge is -2.33. The van der Waals surface area contributed by atoms with Crippen molar-refractivity contribution in [1.82, 2.24) is 10.3 Å². The topological polar surface area (TPSA) is 74.4 Å². The number of H-pyrrole nitrogens is 1. The molecule has 6 nitrogen and oxygen atoms in total. The third-order valence-electron chi connectivity index (χ3n) is 4.81. The average Bonchev–Trinajstić information content (AvgIpc) is 3.10. The van der Waals surface area contributed by atoms with Crippen LogP contribution in [-0.2, 0) is 16.0 Å². The Morgan fingerprint density at radius 2 is 1.96 bits per heavy atom. The van der Waals surface area contributed by atoms with Crippen LogP contribution in [0.25, 0.3) is 10.9 Å². The zero-order valence-electron chi connectivity index (χ0n) is 15.1. The van der Waals surface area contributed by atoms with Crippen LogP contribution in [-0.4, -0.2) is 36.0 Å². The second-order valence-electron chi connectivity index (χ2n) is 6.60. The molecule has 1 aromatic heterocycles. The molecular weight excluding hydrogens is 342 g/mol. The van der Waals surface area contributed by atoms with E-state index in [0.29, 0.717) is 18.0 Å². The van der Waals surface area contributed by atoms with Gasteiger partial charge in [-0.3, -0.25) is 9.59 Å². The molecule has 0 radical (unpaired) electrons. The Hall–Kier alpha value is -3.28. The smallest absolute Gasteiger partial charge is 0.262 e. The molecule has 0 fully saturated rings. The number of rotatable bonds is 4. The highest BCUT2D eigenvalue weighted by atomic mass is 16.5. The molecule has 6 heteroatoms.